The molecule has 0 fully saturated rings. The SMILES string of the molecule is COC(=O)c1sc(N=NC2=C(O)CCC2=O)nc1CO. The molecule has 0 saturated carbocycles. The zero-order valence-electron chi connectivity index (χ0n) is 10.5. The van der Waals surface area contributed by atoms with E-state index in [4.69, 9.17) is 5.11 Å². The zero-order chi connectivity index (χ0) is 14.7. The monoisotopic (exact) mass is 297 g/mol. The molecule has 0 aromatic carbocycles. The molecule has 1 aromatic rings. The molecule has 1 heterocycles. The Morgan fingerprint density at radius 2 is 2.20 bits per heavy atom. The maximum absolute atomic E-state index is 11.4. The van der Waals surface area contributed by atoms with Crippen LogP contribution in [-0.2, 0) is 16.1 Å². The van der Waals surface area contributed by atoms with Crippen LogP contribution in [0.1, 0.15) is 28.2 Å². The molecule has 0 radical (unpaired) electrons. The Kier molecular flexibility index (Phi) is 4.20. The highest BCUT2D eigenvalue weighted by Crippen LogP contribution is 2.29. The van der Waals surface area contributed by atoms with Gasteiger partial charge in [-0.15, -0.1) is 10.2 Å². The third kappa shape index (κ3) is 2.73. The number of carbonyl (C=O) groups is 2. The number of allylic oxidation sites excluding steroid dienone is 2. The van der Waals surface area contributed by atoms with Gasteiger partial charge >= 0.3 is 5.97 Å². The van der Waals surface area contributed by atoms with Crippen molar-refractivity contribution in [3.8, 4) is 0 Å². The average Bonchev–Trinajstić information content (AvgIpc) is 3.00. The van der Waals surface area contributed by atoms with Gasteiger partial charge in [0.2, 0.25) is 5.13 Å². The van der Waals surface area contributed by atoms with Crippen LogP contribution in [0.3, 0.4) is 0 Å². The third-order valence-corrected chi connectivity index (χ3v) is 3.53. The van der Waals surface area contributed by atoms with E-state index >= 15 is 0 Å². The number of rotatable bonds is 4. The standard InChI is InChI=1S/C11H11N3O5S/c1-19-10(18)9-5(4-15)12-11(20-9)14-13-8-6(16)2-3-7(8)17/h15-16H,2-4H2,1H3. The van der Waals surface area contributed by atoms with Crippen molar-refractivity contribution in [2.24, 2.45) is 10.2 Å². The first-order valence-electron chi connectivity index (χ1n) is 5.62. The second-order valence-electron chi connectivity index (χ2n) is 3.84. The largest absolute Gasteiger partial charge is 0.510 e. The summed E-state index contributed by atoms with van der Waals surface area (Å²) in [6, 6.07) is 0. The second kappa shape index (κ2) is 5.88. The van der Waals surface area contributed by atoms with Crippen molar-refractivity contribution in [3.63, 3.8) is 0 Å². The number of aromatic nitrogens is 1. The Morgan fingerprint density at radius 3 is 2.75 bits per heavy atom. The van der Waals surface area contributed by atoms with E-state index in [1.54, 1.807) is 0 Å². The Morgan fingerprint density at radius 1 is 1.45 bits per heavy atom. The Labute approximate surface area is 117 Å². The summed E-state index contributed by atoms with van der Waals surface area (Å²) in [4.78, 5) is 26.8. The topological polar surface area (TPSA) is 121 Å². The maximum atomic E-state index is 11.4. The van der Waals surface area contributed by atoms with Gasteiger partial charge in [-0.25, -0.2) is 9.78 Å². The number of nitrogens with zero attached hydrogens (tertiary/aromatic N) is 3. The van der Waals surface area contributed by atoms with E-state index in [1.165, 1.54) is 7.11 Å². The summed E-state index contributed by atoms with van der Waals surface area (Å²) in [6.07, 6.45) is 0.452. The summed E-state index contributed by atoms with van der Waals surface area (Å²) >= 11 is 0.881. The number of hydrogen-bond donors (Lipinski definition) is 2. The van der Waals surface area contributed by atoms with Gasteiger partial charge < -0.3 is 14.9 Å². The molecular weight excluding hydrogens is 286 g/mol. The van der Waals surface area contributed by atoms with Crippen molar-refractivity contribution in [1.82, 2.24) is 4.98 Å². The Bertz CT molecular complexity index is 620. The summed E-state index contributed by atoms with van der Waals surface area (Å²) in [5, 5.41) is 26.0. The Hall–Kier alpha value is -2.13. The molecule has 0 bridgehead atoms. The summed E-state index contributed by atoms with van der Waals surface area (Å²) in [5.41, 5.74) is 0.0390. The van der Waals surface area contributed by atoms with Crippen LogP contribution in [0.15, 0.2) is 21.7 Å². The van der Waals surface area contributed by atoms with Gasteiger partial charge in [0.1, 0.15) is 10.6 Å². The molecular formula is C11H11N3O5S. The lowest BCUT2D eigenvalue weighted by atomic mass is 10.3. The smallest absolute Gasteiger partial charge is 0.350 e. The van der Waals surface area contributed by atoms with Crippen molar-refractivity contribution >= 4 is 28.2 Å². The number of carbonyl (C=O) groups excluding carboxylic acids is 2. The van der Waals surface area contributed by atoms with Crippen molar-refractivity contribution in [1.29, 1.82) is 0 Å². The third-order valence-electron chi connectivity index (χ3n) is 2.57. The van der Waals surface area contributed by atoms with E-state index in [0.717, 1.165) is 11.3 Å². The van der Waals surface area contributed by atoms with E-state index in [-0.39, 0.29) is 45.8 Å². The minimum atomic E-state index is -0.632. The molecule has 106 valence electrons. The van der Waals surface area contributed by atoms with Crippen molar-refractivity contribution < 1.29 is 24.5 Å². The van der Waals surface area contributed by atoms with Crippen molar-refractivity contribution in [2.45, 2.75) is 19.4 Å². The molecule has 1 aliphatic carbocycles. The van der Waals surface area contributed by atoms with Gasteiger partial charge in [-0.3, -0.25) is 4.79 Å². The molecule has 0 saturated heterocycles. The quantitative estimate of drug-likeness (QED) is 0.643. The fourth-order valence-electron chi connectivity index (χ4n) is 1.58. The molecule has 9 heteroatoms. The fraction of sp³-hybridized carbons (Fsp3) is 0.364. The number of ketones is 1. The molecule has 2 rings (SSSR count). The van der Waals surface area contributed by atoms with Gasteiger partial charge in [-0.05, 0) is 0 Å². The normalized spacial score (nSPS) is 15.4. The lowest BCUT2D eigenvalue weighted by molar-refractivity contribution is -0.115. The van der Waals surface area contributed by atoms with Gasteiger partial charge in [-0.1, -0.05) is 11.3 Å². The highest BCUT2D eigenvalue weighted by molar-refractivity contribution is 7.17. The number of thiazole rings is 1. The predicted octanol–water partition coefficient (Wildman–Crippen LogP) is 1.64. The van der Waals surface area contributed by atoms with Crippen LogP contribution in [0.2, 0.25) is 0 Å². The number of Topliss-reactive ketones (excluding diaryl/α,β-unsaturated/α-hetero) is 1. The zero-order valence-corrected chi connectivity index (χ0v) is 11.3. The van der Waals surface area contributed by atoms with Crippen LogP contribution in [0.5, 0.6) is 0 Å². The molecule has 0 spiro atoms. The number of hydrogen-bond acceptors (Lipinski definition) is 9. The van der Waals surface area contributed by atoms with Crippen molar-refractivity contribution in [2.75, 3.05) is 7.11 Å². The minimum Gasteiger partial charge on any atom is -0.510 e. The average molecular weight is 297 g/mol. The van der Waals surface area contributed by atoms with Crippen LogP contribution in [0.4, 0.5) is 5.13 Å². The predicted molar refractivity (Wildman–Crippen MR) is 67.8 cm³/mol. The summed E-state index contributed by atoms with van der Waals surface area (Å²) < 4.78 is 4.55. The van der Waals surface area contributed by atoms with Gasteiger partial charge in [0.05, 0.1) is 19.4 Å². The highest BCUT2D eigenvalue weighted by Gasteiger charge is 2.23. The van der Waals surface area contributed by atoms with Gasteiger partial charge in [0.15, 0.2) is 11.5 Å². The van der Waals surface area contributed by atoms with E-state index in [0.29, 0.717) is 0 Å². The molecule has 8 nitrogen and oxygen atoms in total. The molecule has 20 heavy (non-hydrogen) atoms. The van der Waals surface area contributed by atoms with E-state index < -0.39 is 12.6 Å². The number of methoxy groups -OCH3 is 1. The van der Waals surface area contributed by atoms with Crippen LogP contribution < -0.4 is 0 Å². The summed E-state index contributed by atoms with van der Waals surface area (Å²) in [6.45, 7) is -0.441. The highest BCUT2D eigenvalue weighted by atomic mass is 32.1. The first kappa shape index (κ1) is 14.3. The number of azo groups is 1. The molecule has 0 aliphatic heterocycles. The van der Waals surface area contributed by atoms with Crippen LogP contribution in [0, 0.1) is 0 Å². The van der Waals surface area contributed by atoms with Gasteiger partial charge in [0, 0.05) is 12.8 Å². The first-order valence-corrected chi connectivity index (χ1v) is 6.44. The maximum Gasteiger partial charge on any atom is 0.350 e. The molecule has 2 N–H and O–H groups in total. The number of aliphatic hydroxyl groups is 2. The van der Waals surface area contributed by atoms with Crippen LogP contribution in [-0.4, -0.2) is 34.1 Å². The lowest BCUT2D eigenvalue weighted by Crippen LogP contribution is -2.02. The van der Waals surface area contributed by atoms with Crippen LogP contribution in [0.25, 0.3) is 0 Å². The number of esters is 1. The molecule has 0 amide bonds. The van der Waals surface area contributed by atoms with Gasteiger partial charge in [0.25, 0.3) is 0 Å². The van der Waals surface area contributed by atoms with Gasteiger partial charge in [-0.2, -0.15) is 0 Å². The fourth-order valence-corrected chi connectivity index (χ4v) is 2.39. The van der Waals surface area contributed by atoms with E-state index in [1.807, 2.05) is 0 Å². The number of aliphatic hydroxyl groups excluding tert-OH is 2. The molecule has 0 atom stereocenters. The van der Waals surface area contributed by atoms with E-state index in [2.05, 4.69) is 19.9 Å². The first-order chi connectivity index (χ1) is 9.56. The van der Waals surface area contributed by atoms with Crippen LogP contribution >= 0.6 is 11.3 Å². The minimum absolute atomic E-state index is 0.0921. The lowest BCUT2D eigenvalue weighted by Gasteiger charge is -1.94. The molecule has 0 unspecified atom stereocenters. The van der Waals surface area contributed by atoms with Crippen molar-refractivity contribution in [3.05, 3.63) is 22.0 Å². The molecule has 1 aliphatic rings. The summed E-state index contributed by atoms with van der Waals surface area (Å²) in [7, 11) is 1.21. The molecule has 1 aromatic heterocycles. The second-order valence-corrected chi connectivity index (χ2v) is 4.82. The Balaban J connectivity index is 2.26. The van der Waals surface area contributed by atoms with E-state index in [9.17, 15) is 14.7 Å². The number of ether oxygens (including phenoxy) is 1. The summed E-state index contributed by atoms with van der Waals surface area (Å²) in [5.74, 6) is -1.03.